The first-order valence-electron chi connectivity index (χ1n) is 11.5. The first-order valence-corrected chi connectivity index (χ1v) is 12.3. The normalized spacial score (nSPS) is 19.7. The third-order valence-electron chi connectivity index (χ3n) is 6.66. The van der Waals surface area contributed by atoms with Crippen molar-refractivity contribution in [3.63, 3.8) is 0 Å². The first-order chi connectivity index (χ1) is 16.2. The molecule has 0 aliphatic carbocycles. The van der Waals surface area contributed by atoms with Gasteiger partial charge in [0, 0.05) is 41.2 Å². The SMILES string of the molecule is CN1c2cc(OCCCN)ccc2C(C)(C)C12C=Cc1cc([N+](=O)[O-])c(OCCCN)cc1S2. The highest BCUT2D eigenvalue weighted by atomic mass is 32.2. The van der Waals surface area contributed by atoms with Crippen molar-refractivity contribution in [3.8, 4) is 11.5 Å². The molecule has 4 rings (SSSR count). The minimum Gasteiger partial charge on any atom is -0.493 e. The summed E-state index contributed by atoms with van der Waals surface area (Å²) in [5.74, 6) is 1.10. The van der Waals surface area contributed by atoms with Gasteiger partial charge in [-0.05, 0) is 49.2 Å². The monoisotopic (exact) mass is 484 g/mol. The van der Waals surface area contributed by atoms with Crippen molar-refractivity contribution in [1.29, 1.82) is 0 Å². The van der Waals surface area contributed by atoms with Gasteiger partial charge in [-0.3, -0.25) is 10.1 Å². The van der Waals surface area contributed by atoms with Crippen LogP contribution in [0.15, 0.2) is 41.3 Å². The molecule has 2 aliphatic heterocycles. The number of nitrogens with two attached hydrogens (primary N) is 2. The Hall–Kier alpha value is -2.75. The van der Waals surface area contributed by atoms with Crippen LogP contribution in [-0.2, 0) is 5.41 Å². The summed E-state index contributed by atoms with van der Waals surface area (Å²) in [6.07, 6.45) is 5.59. The number of fused-ring (bicyclic) bond motifs is 2. The van der Waals surface area contributed by atoms with Crippen LogP contribution in [0.5, 0.6) is 11.5 Å². The molecular formula is C25H32N4O4S. The second-order valence-corrected chi connectivity index (χ2v) is 10.4. The topological polar surface area (TPSA) is 117 Å². The van der Waals surface area contributed by atoms with E-state index in [1.165, 1.54) is 5.56 Å². The fourth-order valence-electron chi connectivity index (χ4n) is 4.70. The summed E-state index contributed by atoms with van der Waals surface area (Å²) in [6.45, 7) is 6.45. The molecule has 0 saturated carbocycles. The third kappa shape index (κ3) is 4.01. The zero-order valence-corrected chi connectivity index (χ0v) is 20.7. The molecular weight excluding hydrogens is 452 g/mol. The Balaban J connectivity index is 1.70. The van der Waals surface area contributed by atoms with Crippen molar-refractivity contribution in [2.45, 2.75) is 41.9 Å². The molecule has 0 amide bonds. The van der Waals surface area contributed by atoms with Crippen molar-refractivity contribution in [3.05, 3.63) is 57.6 Å². The summed E-state index contributed by atoms with van der Waals surface area (Å²) in [7, 11) is 2.09. The van der Waals surface area contributed by atoms with E-state index < -0.39 is 9.79 Å². The molecule has 1 unspecified atom stereocenters. The van der Waals surface area contributed by atoms with Gasteiger partial charge in [-0.2, -0.15) is 0 Å². The van der Waals surface area contributed by atoms with Gasteiger partial charge in [0.2, 0.25) is 0 Å². The van der Waals surface area contributed by atoms with Crippen LogP contribution in [0.25, 0.3) is 6.08 Å². The average Bonchev–Trinajstić information content (AvgIpc) is 2.96. The van der Waals surface area contributed by atoms with E-state index in [0.717, 1.165) is 28.3 Å². The van der Waals surface area contributed by atoms with Crippen LogP contribution >= 0.6 is 11.8 Å². The molecule has 2 aromatic rings. The number of likely N-dealkylation sites (N-methyl/N-ethyl adjacent to an activating group) is 1. The maximum absolute atomic E-state index is 11.7. The highest BCUT2D eigenvalue weighted by Crippen LogP contribution is 2.61. The summed E-state index contributed by atoms with van der Waals surface area (Å²) in [5, 5.41) is 11.7. The fourth-order valence-corrected chi connectivity index (χ4v) is 6.18. The van der Waals surface area contributed by atoms with Gasteiger partial charge >= 0.3 is 5.69 Å². The second kappa shape index (κ2) is 9.48. The zero-order chi connectivity index (χ0) is 24.5. The van der Waals surface area contributed by atoms with E-state index in [4.69, 9.17) is 20.9 Å². The zero-order valence-electron chi connectivity index (χ0n) is 19.9. The predicted molar refractivity (Wildman–Crippen MR) is 137 cm³/mol. The lowest BCUT2D eigenvalue weighted by Crippen LogP contribution is -2.50. The lowest BCUT2D eigenvalue weighted by atomic mass is 9.79. The smallest absolute Gasteiger partial charge is 0.311 e. The van der Waals surface area contributed by atoms with E-state index in [1.54, 1.807) is 23.9 Å². The average molecular weight is 485 g/mol. The number of nitro groups is 1. The van der Waals surface area contributed by atoms with Crippen LogP contribution in [0.2, 0.25) is 0 Å². The number of benzene rings is 2. The van der Waals surface area contributed by atoms with Gasteiger partial charge in [0.1, 0.15) is 10.6 Å². The molecule has 0 fully saturated rings. The molecule has 8 nitrogen and oxygen atoms in total. The van der Waals surface area contributed by atoms with Crippen molar-refractivity contribution in [1.82, 2.24) is 0 Å². The molecule has 0 radical (unpaired) electrons. The summed E-state index contributed by atoms with van der Waals surface area (Å²) in [4.78, 5) is 14.1. The molecule has 1 atom stereocenters. The van der Waals surface area contributed by atoms with Gasteiger partial charge in [-0.1, -0.05) is 37.8 Å². The first kappa shape index (κ1) is 24.4. The Morgan fingerprint density at radius 1 is 1.09 bits per heavy atom. The van der Waals surface area contributed by atoms with Gasteiger partial charge in [-0.15, -0.1) is 0 Å². The fraction of sp³-hybridized carbons (Fsp3) is 0.440. The van der Waals surface area contributed by atoms with Gasteiger partial charge in [0.25, 0.3) is 0 Å². The molecule has 4 N–H and O–H groups in total. The highest BCUT2D eigenvalue weighted by molar-refractivity contribution is 8.01. The predicted octanol–water partition coefficient (Wildman–Crippen LogP) is 4.29. The van der Waals surface area contributed by atoms with Gasteiger partial charge in [-0.25, -0.2) is 0 Å². The van der Waals surface area contributed by atoms with Gasteiger partial charge < -0.3 is 25.8 Å². The quantitative estimate of drug-likeness (QED) is 0.307. The summed E-state index contributed by atoms with van der Waals surface area (Å²) in [5.41, 5.74) is 14.0. The Bertz CT molecular complexity index is 1120. The Morgan fingerprint density at radius 3 is 2.47 bits per heavy atom. The third-order valence-corrected chi connectivity index (χ3v) is 8.47. The van der Waals surface area contributed by atoms with Crippen LogP contribution in [0, 0.1) is 10.1 Å². The Morgan fingerprint density at radius 2 is 1.79 bits per heavy atom. The van der Waals surface area contributed by atoms with E-state index in [1.807, 2.05) is 12.1 Å². The van der Waals surface area contributed by atoms with Gasteiger partial charge in [0.15, 0.2) is 5.75 Å². The van der Waals surface area contributed by atoms with E-state index in [2.05, 4.69) is 44.0 Å². The van der Waals surface area contributed by atoms with Crippen LogP contribution in [0.1, 0.15) is 37.8 Å². The number of ether oxygens (including phenoxy) is 2. The summed E-state index contributed by atoms with van der Waals surface area (Å²) < 4.78 is 11.7. The number of hydrogen-bond acceptors (Lipinski definition) is 8. The minimum absolute atomic E-state index is 0.0291. The number of hydrogen-bond donors (Lipinski definition) is 2. The molecule has 34 heavy (non-hydrogen) atoms. The number of nitrogens with zero attached hydrogens (tertiary/aromatic N) is 2. The van der Waals surface area contributed by atoms with E-state index in [9.17, 15) is 10.1 Å². The molecule has 1 spiro atoms. The number of thioether (sulfide) groups is 1. The van der Waals surface area contributed by atoms with Crippen LogP contribution < -0.4 is 25.8 Å². The Kier molecular flexibility index (Phi) is 6.80. The standard InChI is InChI=1S/C25H32N4O4S/c1-24(2)19-7-6-18(32-12-4-10-26)15-20(19)28(3)25(24)9-8-17-14-21(29(30)31)22(16-23(17)34-25)33-13-5-11-27/h6-9,14-16H,4-5,10-13,26-27H2,1-3H3. The van der Waals surface area contributed by atoms with Crippen molar-refractivity contribution < 1.29 is 14.4 Å². The van der Waals surface area contributed by atoms with E-state index >= 15 is 0 Å². The minimum atomic E-state index is -0.414. The van der Waals surface area contributed by atoms with Crippen LogP contribution in [0.3, 0.4) is 0 Å². The molecule has 9 heteroatoms. The Labute approximate surface area is 204 Å². The maximum Gasteiger partial charge on any atom is 0.311 e. The molecule has 0 aromatic heterocycles. The number of nitro benzene ring substituents is 1. The van der Waals surface area contributed by atoms with Crippen molar-refractivity contribution in [2.24, 2.45) is 11.5 Å². The molecule has 0 saturated heterocycles. The molecule has 182 valence electrons. The highest BCUT2D eigenvalue weighted by Gasteiger charge is 2.56. The maximum atomic E-state index is 11.7. The number of anilines is 1. The van der Waals surface area contributed by atoms with Gasteiger partial charge in [0.05, 0.1) is 18.1 Å². The lowest BCUT2D eigenvalue weighted by Gasteiger charge is -2.45. The molecule has 0 bridgehead atoms. The van der Waals surface area contributed by atoms with E-state index in [0.29, 0.717) is 32.7 Å². The lowest BCUT2D eigenvalue weighted by molar-refractivity contribution is -0.385. The number of rotatable bonds is 9. The molecule has 2 aromatic carbocycles. The second-order valence-electron chi connectivity index (χ2n) is 9.09. The summed E-state index contributed by atoms with van der Waals surface area (Å²) in [6, 6.07) is 9.64. The van der Waals surface area contributed by atoms with Crippen molar-refractivity contribution >= 4 is 29.2 Å². The van der Waals surface area contributed by atoms with Crippen molar-refractivity contribution in [2.75, 3.05) is 38.3 Å². The largest absolute Gasteiger partial charge is 0.493 e. The van der Waals surface area contributed by atoms with Crippen LogP contribution in [0.4, 0.5) is 11.4 Å². The summed E-state index contributed by atoms with van der Waals surface area (Å²) >= 11 is 1.69. The van der Waals surface area contributed by atoms with Crippen LogP contribution in [-0.4, -0.2) is 43.1 Å². The van der Waals surface area contributed by atoms with E-state index in [-0.39, 0.29) is 16.9 Å². The molecule has 2 heterocycles. The molecule has 2 aliphatic rings.